The van der Waals surface area contributed by atoms with Gasteiger partial charge >= 0.3 is 0 Å². The van der Waals surface area contributed by atoms with Crippen molar-refractivity contribution in [3.8, 4) is 0 Å². The summed E-state index contributed by atoms with van der Waals surface area (Å²) >= 11 is 0. The third-order valence-electron chi connectivity index (χ3n) is 5.68. The van der Waals surface area contributed by atoms with E-state index in [4.69, 9.17) is 0 Å². The molecule has 1 atom stereocenters. The molecule has 0 saturated heterocycles. The van der Waals surface area contributed by atoms with Crippen LogP contribution in [0, 0.1) is 20.8 Å². The SMILES string of the molecule is Cc1cc(C)c([C@H](C)NC(=O)c2ccc(CN(c3ccccc3)S(C)(=O)=O)cc2)cc1C. The van der Waals surface area contributed by atoms with Gasteiger partial charge in [-0.25, -0.2) is 8.42 Å². The van der Waals surface area contributed by atoms with E-state index in [0.29, 0.717) is 11.3 Å². The lowest BCUT2D eigenvalue weighted by Gasteiger charge is -2.22. The molecule has 3 aromatic carbocycles. The number of carbonyl (C=O) groups excluding carboxylic acids is 1. The molecule has 6 heteroatoms. The maximum absolute atomic E-state index is 12.8. The molecule has 32 heavy (non-hydrogen) atoms. The summed E-state index contributed by atoms with van der Waals surface area (Å²) in [6, 6.07) is 20.2. The van der Waals surface area contributed by atoms with E-state index in [1.54, 1.807) is 48.5 Å². The smallest absolute Gasteiger partial charge is 0.251 e. The average Bonchev–Trinajstić information content (AvgIpc) is 2.74. The highest BCUT2D eigenvalue weighted by molar-refractivity contribution is 7.92. The molecule has 0 bridgehead atoms. The Hall–Kier alpha value is -3.12. The monoisotopic (exact) mass is 450 g/mol. The van der Waals surface area contributed by atoms with Crippen molar-refractivity contribution < 1.29 is 13.2 Å². The normalized spacial score (nSPS) is 12.3. The molecule has 3 aromatic rings. The Morgan fingerprint density at radius 1 is 0.906 bits per heavy atom. The van der Waals surface area contributed by atoms with E-state index in [-0.39, 0.29) is 18.5 Å². The summed E-state index contributed by atoms with van der Waals surface area (Å²) in [6.45, 7) is 8.39. The van der Waals surface area contributed by atoms with Gasteiger partial charge in [-0.05, 0) is 79.8 Å². The van der Waals surface area contributed by atoms with Crippen molar-refractivity contribution in [2.45, 2.75) is 40.3 Å². The molecular formula is C26H30N2O3S. The first-order valence-corrected chi connectivity index (χ1v) is 12.4. The molecule has 3 rings (SSSR count). The predicted molar refractivity (Wildman–Crippen MR) is 130 cm³/mol. The van der Waals surface area contributed by atoms with Gasteiger partial charge in [0.2, 0.25) is 10.0 Å². The number of carbonyl (C=O) groups is 1. The van der Waals surface area contributed by atoms with Crippen LogP contribution in [0.1, 0.15) is 51.1 Å². The minimum atomic E-state index is -3.45. The molecule has 0 spiro atoms. The summed E-state index contributed by atoms with van der Waals surface area (Å²) in [5.41, 5.74) is 6.63. The number of nitrogens with one attached hydrogen (secondary N) is 1. The van der Waals surface area contributed by atoms with Crippen molar-refractivity contribution in [1.82, 2.24) is 5.32 Å². The zero-order valence-corrected chi connectivity index (χ0v) is 20.0. The summed E-state index contributed by atoms with van der Waals surface area (Å²) in [4.78, 5) is 12.8. The number of rotatable bonds is 7. The molecule has 0 aromatic heterocycles. The number of nitrogens with zero attached hydrogens (tertiary/aromatic N) is 1. The minimum Gasteiger partial charge on any atom is -0.346 e. The Labute approximate surface area is 191 Å². The van der Waals surface area contributed by atoms with E-state index in [1.165, 1.54) is 21.7 Å². The molecule has 5 nitrogen and oxygen atoms in total. The first kappa shape index (κ1) is 23.5. The number of para-hydroxylation sites is 1. The number of hydrogen-bond acceptors (Lipinski definition) is 3. The fraction of sp³-hybridized carbons (Fsp3) is 0.269. The average molecular weight is 451 g/mol. The molecule has 0 heterocycles. The van der Waals surface area contributed by atoms with Gasteiger partial charge in [-0.3, -0.25) is 9.10 Å². The molecule has 0 fully saturated rings. The number of amides is 1. The van der Waals surface area contributed by atoms with Crippen LogP contribution in [0.25, 0.3) is 0 Å². The fourth-order valence-corrected chi connectivity index (χ4v) is 4.62. The lowest BCUT2D eigenvalue weighted by Crippen LogP contribution is -2.29. The van der Waals surface area contributed by atoms with Crippen molar-refractivity contribution in [3.63, 3.8) is 0 Å². The Balaban J connectivity index is 1.73. The van der Waals surface area contributed by atoms with Crippen molar-refractivity contribution >= 4 is 21.6 Å². The minimum absolute atomic E-state index is 0.125. The van der Waals surface area contributed by atoms with Crippen LogP contribution in [0.15, 0.2) is 66.7 Å². The van der Waals surface area contributed by atoms with E-state index >= 15 is 0 Å². The van der Waals surface area contributed by atoms with Crippen LogP contribution in [-0.4, -0.2) is 20.6 Å². The van der Waals surface area contributed by atoms with Gasteiger partial charge in [-0.15, -0.1) is 0 Å². The zero-order chi connectivity index (χ0) is 23.5. The van der Waals surface area contributed by atoms with Crippen molar-refractivity contribution in [2.24, 2.45) is 0 Å². The highest BCUT2D eigenvalue weighted by Crippen LogP contribution is 2.23. The number of anilines is 1. The molecule has 0 aliphatic rings. The molecular weight excluding hydrogens is 420 g/mol. The second kappa shape index (κ2) is 9.57. The third kappa shape index (κ3) is 5.56. The largest absolute Gasteiger partial charge is 0.346 e. The maximum atomic E-state index is 12.8. The van der Waals surface area contributed by atoms with Crippen molar-refractivity contribution in [1.29, 1.82) is 0 Å². The molecule has 0 unspecified atom stereocenters. The van der Waals surface area contributed by atoms with Crippen molar-refractivity contribution in [2.75, 3.05) is 10.6 Å². The van der Waals surface area contributed by atoms with Crippen LogP contribution in [0.5, 0.6) is 0 Å². The highest BCUT2D eigenvalue weighted by atomic mass is 32.2. The molecule has 0 aliphatic heterocycles. The molecule has 1 amide bonds. The standard InChI is InChI=1S/C26H30N2O3S/c1-18-15-20(3)25(16-19(18)2)21(4)27-26(29)23-13-11-22(12-14-23)17-28(32(5,30)31)24-9-7-6-8-10-24/h6-16,21H,17H2,1-5H3,(H,27,29)/t21-/m0/s1. The van der Waals surface area contributed by atoms with Gasteiger partial charge in [0.1, 0.15) is 0 Å². The number of benzene rings is 3. The van der Waals surface area contributed by atoms with Gasteiger partial charge in [0, 0.05) is 5.56 Å². The predicted octanol–water partition coefficient (Wildman–Crippen LogP) is 5.07. The Morgan fingerprint density at radius 2 is 1.50 bits per heavy atom. The summed E-state index contributed by atoms with van der Waals surface area (Å²) in [5.74, 6) is -0.162. The summed E-state index contributed by atoms with van der Waals surface area (Å²) in [7, 11) is -3.45. The second-order valence-corrected chi connectivity index (χ2v) is 10.2. The molecule has 0 aliphatic carbocycles. The summed E-state index contributed by atoms with van der Waals surface area (Å²) in [6.07, 6.45) is 1.19. The van der Waals surface area contributed by atoms with Crippen LogP contribution < -0.4 is 9.62 Å². The molecule has 0 saturated carbocycles. The van der Waals surface area contributed by atoms with Crippen LogP contribution >= 0.6 is 0 Å². The quantitative estimate of drug-likeness (QED) is 0.547. The zero-order valence-electron chi connectivity index (χ0n) is 19.2. The first-order chi connectivity index (χ1) is 15.1. The highest BCUT2D eigenvalue weighted by Gasteiger charge is 2.18. The van der Waals surface area contributed by atoms with Gasteiger partial charge in [-0.2, -0.15) is 0 Å². The lowest BCUT2D eigenvalue weighted by atomic mass is 9.96. The second-order valence-electron chi connectivity index (χ2n) is 8.29. The van der Waals surface area contributed by atoms with Gasteiger partial charge in [-0.1, -0.05) is 42.5 Å². The third-order valence-corrected chi connectivity index (χ3v) is 6.82. The van der Waals surface area contributed by atoms with Crippen LogP contribution in [-0.2, 0) is 16.6 Å². The summed E-state index contributed by atoms with van der Waals surface area (Å²) < 4.78 is 26.0. The Kier molecular flexibility index (Phi) is 7.04. The van der Waals surface area contributed by atoms with E-state index in [1.807, 2.05) is 13.0 Å². The van der Waals surface area contributed by atoms with Gasteiger partial charge in [0.15, 0.2) is 0 Å². The first-order valence-electron chi connectivity index (χ1n) is 10.6. The van der Waals surface area contributed by atoms with E-state index in [2.05, 4.69) is 38.2 Å². The maximum Gasteiger partial charge on any atom is 0.251 e. The fourth-order valence-electron chi connectivity index (χ4n) is 3.73. The van der Waals surface area contributed by atoms with E-state index < -0.39 is 10.0 Å². The van der Waals surface area contributed by atoms with E-state index in [9.17, 15) is 13.2 Å². The van der Waals surface area contributed by atoms with Crippen LogP contribution in [0.4, 0.5) is 5.69 Å². The van der Waals surface area contributed by atoms with Crippen LogP contribution in [0.3, 0.4) is 0 Å². The summed E-state index contributed by atoms with van der Waals surface area (Å²) in [5, 5.41) is 3.07. The van der Waals surface area contributed by atoms with Crippen LogP contribution in [0.2, 0.25) is 0 Å². The molecule has 1 N–H and O–H groups in total. The Bertz CT molecular complexity index is 1200. The topological polar surface area (TPSA) is 66.5 Å². The van der Waals surface area contributed by atoms with E-state index in [0.717, 1.165) is 16.7 Å². The van der Waals surface area contributed by atoms with Crippen molar-refractivity contribution in [3.05, 3.63) is 100 Å². The number of sulfonamides is 1. The Morgan fingerprint density at radius 3 is 2.09 bits per heavy atom. The van der Waals surface area contributed by atoms with Gasteiger partial charge in [0.05, 0.1) is 24.5 Å². The lowest BCUT2D eigenvalue weighted by molar-refractivity contribution is 0.0940. The van der Waals surface area contributed by atoms with Gasteiger partial charge < -0.3 is 5.32 Å². The molecule has 0 radical (unpaired) electrons. The number of aryl methyl sites for hydroxylation is 3. The van der Waals surface area contributed by atoms with Gasteiger partial charge in [0.25, 0.3) is 5.91 Å². The number of hydrogen-bond donors (Lipinski definition) is 1. The molecule has 168 valence electrons.